The number of primary amides is 1. The first kappa shape index (κ1) is 35.4. The summed E-state index contributed by atoms with van der Waals surface area (Å²) in [6, 6.07) is 1.47. The normalized spacial score (nSPS) is 21.5. The number of halogens is 2. The van der Waals surface area contributed by atoms with Crippen LogP contribution in [0.2, 0.25) is 0 Å². The largest absolute Gasteiger partial charge is 0.399 e. The molecule has 1 aromatic heterocycles. The molecule has 1 aromatic carbocycles. The third-order valence-corrected chi connectivity index (χ3v) is 10.6. The lowest BCUT2D eigenvalue weighted by molar-refractivity contribution is -0.145. The van der Waals surface area contributed by atoms with Crippen molar-refractivity contribution in [3.63, 3.8) is 0 Å². The van der Waals surface area contributed by atoms with Gasteiger partial charge in [-0.25, -0.2) is 0 Å². The number of thiophene rings is 1. The number of carbonyl (C=O) groups excluding carboxylic acids is 5. The number of carbonyl (C=O) groups is 5. The third-order valence-electron chi connectivity index (χ3n) is 8.53. The van der Waals surface area contributed by atoms with Gasteiger partial charge in [0.15, 0.2) is 0 Å². The number of alkyl halides is 2. The monoisotopic (exact) mass is 685 g/mol. The number of nitrogens with zero attached hydrogens (tertiary/aromatic N) is 2. The minimum atomic E-state index is -5.81. The van der Waals surface area contributed by atoms with E-state index in [-0.39, 0.29) is 59.6 Å². The molecule has 0 aliphatic carbocycles. The molecule has 5 amide bonds. The molecule has 46 heavy (non-hydrogen) atoms. The van der Waals surface area contributed by atoms with Crippen molar-refractivity contribution >= 4 is 58.6 Å². The average molecular weight is 686 g/mol. The van der Waals surface area contributed by atoms with Gasteiger partial charge >= 0.3 is 13.3 Å². The van der Waals surface area contributed by atoms with E-state index in [1.807, 2.05) is 13.8 Å². The van der Waals surface area contributed by atoms with Crippen LogP contribution in [0.25, 0.3) is 10.1 Å². The molecule has 0 unspecified atom stereocenters. The van der Waals surface area contributed by atoms with E-state index < -0.39 is 48.6 Å². The van der Waals surface area contributed by atoms with Crippen LogP contribution in [0.5, 0.6) is 0 Å². The summed E-state index contributed by atoms with van der Waals surface area (Å²) in [5, 5.41) is 5.76. The van der Waals surface area contributed by atoms with Crippen LogP contribution in [0.15, 0.2) is 24.3 Å². The SMILES string of the molecule is CC(=O)N1CC[C@H]2CC[C@@H](C(=O)N[C@@H](CCC(N)=O)C(C)C)N2C(=O)[C@@H](NC(=O)c2cc3cc(C(F)(F)P(=O)(O)O)ccc3s2)C1. The molecular weight excluding hydrogens is 647 g/mol. The van der Waals surface area contributed by atoms with E-state index >= 15 is 0 Å². The number of nitrogens with one attached hydrogen (secondary N) is 2. The predicted octanol–water partition coefficient (Wildman–Crippen LogP) is 2.24. The summed E-state index contributed by atoms with van der Waals surface area (Å²) < 4.78 is 40.3. The van der Waals surface area contributed by atoms with Gasteiger partial charge < -0.3 is 36.0 Å². The standard InChI is InChI=1S/C29H38F2N5O8PS/c1-15(2)20(6-9-25(32)38)33-26(39)22-7-5-19-10-11-35(16(3)37)14-21(28(41)36(19)22)34-27(40)24-13-17-12-18(4-8-23(17)46-24)29(30,31)45(42,43)44/h4,8,12-13,15,19-22H,5-7,9-11,14H2,1-3H3,(H2,32,38)(H,33,39)(H,34,40)(H2,42,43,44)/t19-,20+,21+,22+/m1/s1. The van der Waals surface area contributed by atoms with Crippen LogP contribution in [-0.2, 0) is 29.4 Å². The second-order valence-corrected chi connectivity index (χ2v) is 14.8. The lowest BCUT2D eigenvalue weighted by Crippen LogP contribution is -2.61. The van der Waals surface area contributed by atoms with Crippen molar-refractivity contribution in [2.24, 2.45) is 11.7 Å². The number of nitrogens with two attached hydrogens (primary N) is 1. The van der Waals surface area contributed by atoms with Crippen molar-refractivity contribution in [3.8, 4) is 0 Å². The summed E-state index contributed by atoms with van der Waals surface area (Å²) in [6.45, 7) is 5.27. The number of hydrogen-bond acceptors (Lipinski definition) is 7. The Morgan fingerprint density at radius 3 is 2.46 bits per heavy atom. The Labute approximate surface area is 268 Å². The lowest BCUT2D eigenvalue weighted by Gasteiger charge is -2.38. The van der Waals surface area contributed by atoms with Crippen LogP contribution < -0.4 is 16.4 Å². The fraction of sp³-hybridized carbons (Fsp3) is 0.552. The first-order valence-electron chi connectivity index (χ1n) is 14.9. The van der Waals surface area contributed by atoms with Crippen LogP contribution >= 0.6 is 18.9 Å². The van der Waals surface area contributed by atoms with Gasteiger partial charge in [0.2, 0.25) is 23.6 Å². The maximum atomic E-state index is 14.3. The Kier molecular flexibility index (Phi) is 10.6. The molecule has 4 rings (SSSR count). The second-order valence-electron chi connectivity index (χ2n) is 12.1. The van der Waals surface area contributed by atoms with E-state index in [1.54, 1.807) is 0 Å². The van der Waals surface area contributed by atoms with Crippen LogP contribution in [0.1, 0.15) is 68.1 Å². The minimum Gasteiger partial charge on any atom is -0.370 e. The van der Waals surface area contributed by atoms with Gasteiger partial charge in [0, 0.05) is 48.8 Å². The van der Waals surface area contributed by atoms with E-state index in [4.69, 9.17) is 15.5 Å². The van der Waals surface area contributed by atoms with E-state index in [2.05, 4.69) is 10.6 Å². The van der Waals surface area contributed by atoms with Gasteiger partial charge in [-0.3, -0.25) is 28.5 Å². The number of hydrogen-bond donors (Lipinski definition) is 5. The summed E-state index contributed by atoms with van der Waals surface area (Å²) in [4.78, 5) is 85.9. The van der Waals surface area contributed by atoms with E-state index in [9.17, 15) is 37.3 Å². The van der Waals surface area contributed by atoms with Crippen LogP contribution in [0.3, 0.4) is 0 Å². The fourth-order valence-corrected chi connectivity index (χ4v) is 7.34. The van der Waals surface area contributed by atoms with Gasteiger partial charge in [0.1, 0.15) is 12.1 Å². The van der Waals surface area contributed by atoms with Crippen LogP contribution in [0.4, 0.5) is 8.78 Å². The molecule has 0 radical (unpaired) electrons. The average Bonchev–Trinajstić information content (AvgIpc) is 3.58. The first-order valence-corrected chi connectivity index (χ1v) is 17.3. The van der Waals surface area contributed by atoms with Crippen LogP contribution in [0, 0.1) is 5.92 Å². The molecule has 2 aromatic rings. The fourth-order valence-electron chi connectivity index (χ4n) is 5.91. The zero-order valence-electron chi connectivity index (χ0n) is 25.6. The zero-order valence-corrected chi connectivity index (χ0v) is 27.3. The number of fused-ring (bicyclic) bond motifs is 2. The summed E-state index contributed by atoms with van der Waals surface area (Å²) >= 11 is 0.926. The molecule has 3 heterocycles. The molecule has 0 bridgehead atoms. The smallest absolute Gasteiger partial charge is 0.370 e. The van der Waals surface area contributed by atoms with Crippen molar-refractivity contribution in [2.75, 3.05) is 13.1 Å². The number of rotatable bonds is 10. The van der Waals surface area contributed by atoms with Gasteiger partial charge in [-0.05, 0) is 55.2 Å². The van der Waals surface area contributed by atoms with Gasteiger partial charge in [-0.1, -0.05) is 19.9 Å². The van der Waals surface area contributed by atoms with Crippen molar-refractivity contribution in [1.29, 1.82) is 0 Å². The molecule has 0 saturated carbocycles. The number of amides is 5. The summed E-state index contributed by atoms with van der Waals surface area (Å²) in [5.74, 6) is -2.48. The first-order chi connectivity index (χ1) is 21.4. The molecular formula is C29H38F2N5O8PS. The highest BCUT2D eigenvalue weighted by atomic mass is 32.1. The highest BCUT2D eigenvalue weighted by Gasteiger charge is 2.50. The van der Waals surface area contributed by atoms with E-state index in [0.29, 0.717) is 30.4 Å². The Bertz CT molecular complexity index is 1580. The van der Waals surface area contributed by atoms with Crippen molar-refractivity contribution in [1.82, 2.24) is 20.4 Å². The zero-order chi connectivity index (χ0) is 34.1. The molecule has 0 spiro atoms. The molecule has 4 atom stereocenters. The Morgan fingerprint density at radius 2 is 1.85 bits per heavy atom. The maximum Gasteiger partial charge on any atom is 0.399 e. The molecule has 6 N–H and O–H groups in total. The van der Waals surface area contributed by atoms with E-state index in [0.717, 1.165) is 23.5 Å². The van der Waals surface area contributed by atoms with Gasteiger partial charge in [-0.15, -0.1) is 11.3 Å². The number of benzene rings is 1. The second kappa shape index (κ2) is 13.7. The van der Waals surface area contributed by atoms with Crippen molar-refractivity contribution in [2.45, 2.75) is 82.7 Å². The molecule has 2 saturated heterocycles. The summed E-state index contributed by atoms with van der Waals surface area (Å²) in [6.07, 6.45) is 1.72. The Hall–Kier alpha value is -3.46. The predicted molar refractivity (Wildman–Crippen MR) is 165 cm³/mol. The van der Waals surface area contributed by atoms with Crippen molar-refractivity contribution in [3.05, 3.63) is 34.7 Å². The third kappa shape index (κ3) is 7.56. The highest BCUT2D eigenvalue weighted by molar-refractivity contribution is 7.52. The topological polar surface area (TPSA) is 199 Å². The Balaban J connectivity index is 1.58. The van der Waals surface area contributed by atoms with Crippen molar-refractivity contribution < 1.29 is 47.1 Å². The van der Waals surface area contributed by atoms with Gasteiger partial charge in [0.25, 0.3) is 5.91 Å². The maximum absolute atomic E-state index is 14.3. The molecule has 17 heteroatoms. The molecule has 2 aliphatic rings. The lowest BCUT2D eigenvalue weighted by atomic mass is 9.98. The molecule has 2 fully saturated rings. The van der Waals surface area contributed by atoms with Gasteiger partial charge in [0.05, 0.1) is 4.88 Å². The molecule has 2 aliphatic heterocycles. The quantitative estimate of drug-likeness (QED) is 0.235. The summed E-state index contributed by atoms with van der Waals surface area (Å²) in [7, 11) is -5.81. The minimum absolute atomic E-state index is 0.0138. The highest BCUT2D eigenvalue weighted by Crippen LogP contribution is 2.59. The Morgan fingerprint density at radius 1 is 1.15 bits per heavy atom. The van der Waals surface area contributed by atoms with Crippen LogP contribution in [-0.4, -0.2) is 86.4 Å². The molecule has 252 valence electrons. The van der Waals surface area contributed by atoms with Gasteiger partial charge in [-0.2, -0.15) is 8.78 Å². The molecule has 13 nitrogen and oxygen atoms in total. The van der Waals surface area contributed by atoms with E-state index in [1.165, 1.54) is 28.9 Å². The summed E-state index contributed by atoms with van der Waals surface area (Å²) in [5.41, 5.74) is -0.0468.